The van der Waals surface area contributed by atoms with Gasteiger partial charge in [-0.15, -0.1) is 0 Å². The summed E-state index contributed by atoms with van der Waals surface area (Å²) in [7, 11) is 0. The van der Waals surface area contributed by atoms with Gasteiger partial charge in [-0.05, 0) is 66.0 Å². The summed E-state index contributed by atoms with van der Waals surface area (Å²) in [6, 6.07) is 10.9. The van der Waals surface area contributed by atoms with Gasteiger partial charge in [-0.25, -0.2) is 5.43 Å². The molecule has 0 bridgehead atoms. The Kier molecular flexibility index (Phi) is 8.67. The van der Waals surface area contributed by atoms with Crippen molar-refractivity contribution in [2.45, 2.75) is 27.2 Å². The summed E-state index contributed by atoms with van der Waals surface area (Å²) in [4.78, 5) is 24.0. The third-order valence-electron chi connectivity index (χ3n) is 3.76. The zero-order valence-corrected chi connectivity index (χ0v) is 18.2. The van der Waals surface area contributed by atoms with Gasteiger partial charge in [0.1, 0.15) is 6.42 Å². The van der Waals surface area contributed by atoms with Gasteiger partial charge in [-0.1, -0.05) is 18.2 Å². The number of anilines is 1. The van der Waals surface area contributed by atoms with E-state index in [0.717, 1.165) is 10.0 Å². The number of halogens is 1. The van der Waals surface area contributed by atoms with Gasteiger partial charge in [0.2, 0.25) is 11.8 Å². The number of benzene rings is 2. The Labute approximate surface area is 178 Å². The highest BCUT2D eigenvalue weighted by Gasteiger charge is 2.12. The number of hydrazone groups is 1. The Balaban J connectivity index is 1.95. The van der Waals surface area contributed by atoms with Gasteiger partial charge in [0.05, 0.1) is 23.9 Å². The molecule has 0 heterocycles. The van der Waals surface area contributed by atoms with E-state index < -0.39 is 11.8 Å². The summed E-state index contributed by atoms with van der Waals surface area (Å²) in [6.07, 6.45) is 1.14. The van der Waals surface area contributed by atoms with Crippen LogP contribution in [0.3, 0.4) is 0 Å². The van der Waals surface area contributed by atoms with E-state index in [4.69, 9.17) is 9.47 Å². The van der Waals surface area contributed by atoms with Crippen molar-refractivity contribution in [2.75, 3.05) is 18.5 Å². The van der Waals surface area contributed by atoms with Crippen LogP contribution in [0.15, 0.2) is 46.0 Å². The van der Waals surface area contributed by atoms with E-state index in [1.54, 1.807) is 18.2 Å². The highest BCUT2D eigenvalue weighted by molar-refractivity contribution is 9.10. The summed E-state index contributed by atoms with van der Waals surface area (Å²) in [5.74, 6) is 0.273. The number of rotatable bonds is 9. The minimum Gasteiger partial charge on any atom is -0.490 e. The molecule has 2 amide bonds. The van der Waals surface area contributed by atoms with Crippen LogP contribution in [0.4, 0.5) is 5.69 Å². The van der Waals surface area contributed by atoms with Crippen LogP contribution in [0.25, 0.3) is 0 Å². The number of hydrogen-bond acceptors (Lipinski definition) is 5. The van der Waals surface area contributed by atoms with Crippen LogP contribution < -0.4 is 20.2 Å². The molecule has 2 N–H and O–H groups in total. The largest absolute Gasteiger partial charge is 0.490 e. The molecule has 0 fully saturated rings. The van der Waals surface area contributed by atoms with Crippen molar-refractivity contribution in [3.05, 3.63) is 52.0 Å². The predicted octanol–water partition coefficient (Wildman–Crippen LogP) is 4.03. The number of amides is 2. The van der Waals surface area contributed by atoms with E-state index in [2.05, 4.69) is 31.8 Å². The summed E-state index contributed by atoms with van der Waals surface area (Å²) >= 11 is 3.45. The van der Waals surface area contributed by atoms with Crippen LogP contribution in [0.2, 0.25) is 0 Å². The molecule has 29 heavy (non-hydrogen) atoms. The molecule has 2 rings (SSSR count). The molecule has 0 saturated carbocycles. The van der Waals surface area contributed by atoms with Gasteiger partial charge in [0.25, 0.3) is 0 Å². The monoisotopic (exact) mass is 461 g/mol. The first-order valence-corrected chi connectivity index (χ1v) is 10.00. The third-order valence-corrected chi connectivity index (χ3v) is 4.35. The number of carbonyl (C=O) groups excluding carboxylic acids is 2. The molecular formula is C21H24BrN3O4. The van der Waals surface area contributed by atoms with Gasteiger partial charge in [0.15, 0.2) is 11.5 Å². The molecule has 0 aliphatic heterocycles. The van der Waals surface area contributed by atoms with Crippen LogP contribution in [-0.2, 0) is 9.59 Å². The second-order valence-corrected chi connectivity index (χ2v) is 6.88. The minimum atomic E-state index is -0.512. The first-order valence-electron chi connectivity index (χ1n) is 9.21. The van der Waals surface area contributed by atoms with Crippen molar-refractivity contribution < 1.29 is 19.1 Å². The van der Waals surface area contributed by atoms with Gasteiger partial charge >= 0.3 is 0 Å². The van der Waals surface area contributed by atoms with Gasteiger partial charge in [-0.2, -0.15) is 5.10 Å². The fourth-order valence-electron chi connectivity index (χ4n) is 2.48. The van der Waals surface area contributed by atoms with Crippen molar-refractivity contribution >= 4 is 39.6 Å². The number of para-hydroxylation sites is 1. The van der Waals surface area contributed by atoms with Crippen LogP contribution in [0, 0.1) is 6.92 Å². The molecule has 0 unspecified atom stereocenters. The van der Waals surface area contributed by atoms with E-state index in [9.17, 15) is 9.59 Å². The topological polar surface area (TPSA) is 89.0 Å². The van der Waals surface area contributed by atoms with E-state index >= 15 is 0 Å². The molecule has 154 valence electrons. The number of carbonyl (C=O) groups is 2. The van der Waals surface area contributed by atoms with Crippen LogP contribution in [0.1, 0.15) is 31.4 Å². The summed E-state index contributed by atoms with van der Waals surface area (Å²) in [5, 5.41) is 6.62. The molecule has 0 aromatic heterocycles. The molecule has 0 spiro atoms. The zero-order valence-electron chi connectivity index (χ0n) is 16.6. The highest BCUT2D eigenvalue weighted by atomic mass is 79.9. The Bertz CT molecular complexity index is 899. The second kappa shape index (κ2) is 11.2. The Morgan fingerprint density at radius 2 is 1.83 bits per heavy atom. The molecular weight excluding hydrogens is 438 g/mol. The van der Waals surface area contributed by atoms with Crippen LogP contribution >= 0.6 is 15.9 Å². The Morgan fingerprint density at radius 3 is 2.52 bits per heavy atom. The van der Waals surface area contributed by atoms with Crippen molar-refractivity contribution in [3.63, 3.8) is 0 Å². The molecule has 0 saturated heterocycles. The first kappa shape index (κ1) is 22.4. The molecule has 2 aromatic rings. The predicted molar refractivity (Wildman–Crippen MR) is 117 cm³/mol. The highest BCUT2D eigenvalue weighted by Crippen LogP contribution is 2.36. The quantitative estimate of drug-likeness (QED) is 0.335. The average Bonchev–Trinajstić information content (AvgIpc) is 2.66. The maximum absolute atomic E-state index is 12.0. The number of nitrogens with one attached hydrogen (secondary N) is 2. The molecule has 8 heteroatoms. The second-order valence-electron chi connectivity index (χ2n) is 6.03. The number of nitrogens with zero attached hydrogens (tertiary/aromatic N) is 1. The molecule has 2 aromatic carbocycles. The molecule has 0 atom stereocenters. The lowest BCUT2D eigenvalue weighted by molar-refractivity contribution is -0.126. The smallest absolute Gasteiger partial charge is 0.249 e. The summed E-state index contributed by atoms with van der Waals surface area (Å²) in [5.41, 5.74) is 4.66. The molecule has 0 aliphatic carbocycles. The Hall–Kier alpha value is -2.87. The van der Waals surface area contributed by atoms with Crippen molar-refractivity contribution in [1.82, 2.24) is 5.43 Å². The van der Waals surface area contributed by atoms with Gasteiger partial charge in [0, 0.05) is 5.69 Å². The van der Waals surface area contributed by atoms with E-state index in [0.29, 0.717) is 36.0 Å². The SMILES string of the molecule is CCOc1cc(C=NNC(=O)CC(=O)Nc2ccccc2C)cc(Br)c1OCC. The molecule has 0 aliphatic rings. The van der Waals surface area contributed by atoms with Crippen molar-refractivity contribution in [3.8, 4) is 11.5 Å². The van der Waals surface area contributed by atoms with Crippen molar-refractivity contribution in [1.29, 1.82) is 0 Å². The zero-order chi connectivity index (χ0) is 21.2. The number of hydrogen-bond donors (Lipinski definition) is 2. The normalized spacial score (nSPS) is 10.6. The third kappa shape index (κ3) is 6.90. The lowest BCUT2D eigenvalue weighted by Crippen LogP contribution is -2.24. The maximum Gasteiger partial charge on any atom is 0.249 e. The lowest BCUT2D eigenvalue weighted by atomic mass is 10.2. The van der Waals surface area contributed by atoms with E-state index in [-0.39, 0.29) is 6.42 Å². The van der Waals surface area contributed by atoms with Gasteiger partial charge in [-0.3, -0.25) is 9.59 Å². The van der Waals surface area contributed by atoms with E-state index in [1.165, 1.54) is 6.21 Å². The van der Waals surface area contributed by atoms with Crippen LogP contribution in [0.5, 0.6) is 11.5 Å². The maximum atomic E-state index is 12.0. The van der Waals surface area contributed by atoms with Crippen LogP contribution in [-0.4, -0.2) is 31.2 Å². The summed E-state index contributed by atoms with van der Waals surface area (Å²) in [6.45, 7) is 6.65. The standard InChI is InChI=1S/C21H24BrN3O4/c1-4-28-18-11-15(10-16(22)21(18)29-5-2)13-23-25-20(27)12-19(26)24-17-9-7-6-8-14(17)3/h6-11,13H,4-5,12H2,1-3H3,(H,24,26)(H,25,27). The number of ether oxygens (including phenoxy) is 2. The minimum absolute atomic E-state index is 0.331. The molecule has 7 nitrogen and oxygen atoms in total. The fourth-order valence-corrected chi connectivity index (χ4v) is 3.06. The average molecular weight is 462 g/mol. The lowest BCUT2D eigenvalue weighted by Gasteiger charge is -2.13. The van der Waals surface area contributed by atoms with Gasteiger partial charge < -0.3 is 14.8 Å². The first-order chi connectivity index (χ1) is 13.9. The number of aryl methyl sites for hydroxylation is 1. The summed E-state index contributed by atoms with van der Waals surface area (Å²) < 4.78 is 11.9. The van der Waals surface area contributed by atoms with Crippen molar-refractivity contribution in [2.24, 2.45) is 5.10 Å². The fraction of sp³-hybridized carbons (Fsp3) is 0.286. The molecule has 0 radical (unpaired) electrons. The Morgan fingerprint density at radius 1 is 1.10 bits per heavy atom. The van der Waals surface area contributed by atoms with E-state index in [1.807, 2.05) is 39.0 Å².